The summed E-state index contributed by atoms with van der Waals surface area (Å²) < 4.78 is 1.67. The number of rotatable bonds is 2. The van der Waals surface area contributed by atoms with Crippen LogP contribution >= 0.6 is 11.3 Å². The van der Waals surface area contributed by atoms with Gasteiger partial charge in [-0.3, -0.25) is 4.68 Å². The summed E-state index contributed by atoms with van der Waals surface area (Å²) in [5.74, 6) is 0. The van der Waals surface area contributed by atoms with Gasteiger partial charge in [0.05, 0.1) is 6.20 Å². The zero-order chi connectivity index (χ0) is 10.1. The van der Waals surface area contributed by atoms with Gasteiger partial charge in [0.25, 0.3) is 0 Å². The number of aliphatic hydroxyl groups excluding tert-OH is 1. The third kappa shape index (κ3) is 1.69. The number of aliphatic hydroxyl groups is 1. The van der Waals surface area contributed by atoms with Crippen LogP contribution in [0.25, 0.3) is 0 Å². The van der Waals surface area contributed by atoms with Gasteiger partial charge in [0.15, 0.2) is 0 Å². The van der Waals surface area contributed by atoms with Gasteiger partial charge in [-0.05, 0) is 6.92 Å². The quantitative estimate of drug-likeness (QED) is 0.810. The summed E-state index contributed by atoms with van der Waals surface area (Å²) in [7, 11) is 1.82. The van der Waals surface area contributed by atoms with Crippen molar-refractivity contribution in [3.05, 3.63) is 34.0 Å². The molecule has 2 aromatic heterocycles. The molecule has 0 spiro atoms. The van der Waals surface area contributed by atoms with Crippen molar-refractivity contribution in [2.24, 2.45) is 7.05 Å². The largest absolute Gasteiger partial charge is 0.381 e. The molecule has 0 amide bonds. The Balaban J connectivity index is 2.28. The summed E-state index contributed by atoms with van der Waals surface area (Å²) in [4.78, 5) is 4.23. The van der Waals surface area contributed by atoms with E-state index in [4.69, 9.17) is 0 Å². The maximum absolute atomic E-state index is 9.91. The van der Waals surface area contributed by atoms with E-state index < -0.39 is 6.10 Å². The first-order valence-electron chi connectivity index (χ1n) is 4.25. The van der Waals surface area contributed by atoms with Crippen LogP contribution in [0.5, 0.6) is 0 Å². The van der Waals surface area contributed by atoms with Crippen LogP contribution in [-0.4, -0.2) is 19.9 Å². The van der Waals surface area contributed by atoms with Gasteiger partial charge in [-0.25, -0.2) is 4.98 Å². The van der Waals surface area contributed by atoms with Gasteiger partial charge < -0.3 is 5.11 Å². The molecule has 4 nitrogen and oxygen atoms in total. The van der Waals surface area contributed by atoms with Crippen LogP contribution in [0.1, 0.15) is 22.4 Å². The molecule has 0 aliphatic carbocycles. The fourth-order valence-electron chi connectivity index (χ4n) is 1.22. The summed E-state index contributed by atoms with van der Waals surface area (Å²) in [6.07, 6.45) is 2.80. The molecule has 0 radical (unpaired) electrons. The van der Waals surface area contributed by atoms with E-state index in [1.807, 2.05) is 19.4 Å². The van der Waals surface area contributed by atoms with Gasteiger partial charge in [-0.1, -0.05) is 0 Å². The highest BCUT2D eigenvalue weighted by atomic mass is 32.1. The first-order valence-corrected chi connectivity index (χ1v) is 5.13. The second-order valence-electron chi connectivity index (χ2n) is 3.18. The Morgan fingerprint density at radius 2 is 2.36 bits per heavy atom. The Morgan fingerprint density at radius 1 is 1.57 bits per heavy atom. The summed E-state index contributed by atoms with van der Waals surface area (Å²) in [6, 6.07) is 0. The maximum atomic E-state index is 9.91. The van der Waals surface area contributed by atoms with E-state index in [9.17, 15) is 5.11 Å². The van der Waals surface area contributed by atoms with Crippen LogP contribution in [0.15, 0.2) is 17.8 Å². The summed E-state index contributed by atoms with van der Waals surface area (Å²) in [6.45, 7) is 1.91. The van der Waals surface area contributed by atoms with Crippen LogP contribution in [0.4, 0.5) is 0 Å². The van der Waals surface area contributed by atoms with Crippen LogP contribution < -0.4 is 0 Å². The minimum atomic E-state index is -0.651. The molecule has 74 valence electrons. The molecule has 2 rings (SSSR count). The molecule has 1 atom stereocenters. The maximum Gasteiger partial charge on any atom is 0.134 e. The average Bonchev–Trinajstić information content (AvgIpc) is 2.73. The molecule has 0 saturated heterocycles. The highest BCUT2D eigenvalue weighted by molar-refractivity contribution is 7.09. The number of aromatic nitrogens is 3. The second-order valence-corrected chi connectivity index (χ2v) is 4.07. The highest BCUT2D eigenvalue weighted by Crippen LogP contribution is 2.23. The molecular formula is C9H11N3OS. The van der Waals surface area contributed by atoms with E-state index in [0.29, 0.717) is 0 Å². The van der Waals surface area contributed by atoms with Gasteiger partial charge in [-0.15, -0.1) is 11.3 Å². The first kappa shape index (κ1) is 9.36. The molecule has 0 fully saturated rings. The number of aryl methyl sites for hydroxylation is 2. The number of thiazole rings is 1. The Labute approximate surface area is 85.8 Å². The second kappa shape index (κ2) is 3.51. The SMILES string of the molecule is Cc1csc(C(O)c2cnn(C)c2)n1. The molecule has 2 aromatic rings. The van der Waals surface area contributed by atoms with E-state index in [-0.39, 0.29) is 0 Å². The minimum absolute atomic E-state index is 0.651. The van der Waals surface area contributed by atoms with Gasteiger partial charge in [-0.2, -0.15) is 5.10 Å². The predicted molar refractivity (Wildman–Crippen MR) is 54.1 cm³/mol. The van der Waals surface area contributed by atoms with Crippen LogP contribution in [0.3, 0.4) is 0 Å². The minimum Gasteiger partial charge on any atom is -0.381 e. The number of nitrogens with zero attached hydrogens (tertiary/aromatic N) is 3. The van der Waals surface area contributed by atoms with Crippen molar-refractivity contribution in [1.82, 2.24) is 14.8 Å². The van der Waals surface area contributed by atoms with Crippen molar-refractivity contribution < 1.29 is 5.11 Å². The van der Waals surface area contributed by atoms with E-state index in [1.165, 1.54) is 11.3 Å². The topological polar surface area (TPSA) is 50.9 Å². The summed E-state index contributed by atoms with van der Waals surface area (Å²) in [5, 5.41) is 16.6. The van der Waals surface area contributed by atoms with Crippen molar-refractivity contribution >= 4 is 11.3 Å². The average molecular weight is 209 g/mol. The first-order chi connectivity index (χ1) is 6.66. The fourth-order valence-corrected chi connectivity index (χ4v) is 2.03. The summed E-state index contributed by atoms with van der Waals surface area (Å²) >= 11 is 1.46. The molecule has 0 saturated carbocycles. The molecule has 14 heavy (non-hydrogen) atoms. The Kier molecular flexibility index (Phi) is 2.35. The smallest absolute Gasteiger partial charge is 0.134 e. The lowest BCUT2D eigenvalue weighted by molar-refractivity contribution is 0.219. The predicted octanol–water partition coefficient (Wildman–Crippen LogP) is 1.27. The number of hydrogen-bond acceptors (Lipinski definition) is 4. The third-order valence-electron chi connectivity index (χ3n) is 1.91. The molecule has 5 heteroatoms. The van der Waals surface area contributed by atoms with E-state index >= 15 is 0 Å². The molecule has 0 aromatic carbocycles. The van der Waals surface area contributed by atoms with Gasteiger partial charge in [0.1, 0.15) is 11.1 Å². The standard InChI is InChI=1S/C9H11N3OS/c1-6-5-14-9(11-6)8(13)7-3-10-12(2)4-7/h3-5,8,13H,1-2H3. The lowest BCUT2D eigenvalue weighted by atomic mass is 10.2. The lowest BCUT2D eigenvalue weighted by Gasteiger charge is -2.02. The Bertz CT molecular complexity index is 394. The number of hydrogen-bond donors (Lipinski definition) is 1. The molecule has 0 bridgehead atoms. The normalized spacial score (nSPS) is 13.1. The van der Waals surface area contributed by atoms with Crippen molar-refractivity contribution in [2.45, 2.75) is 13.0 Å². The highest BCUT2D eigenvalue weighted by Gasteiger charge is 2.15. The zero-order valence-electron chi connectivity index (χ0n) is 8.01. The van der Waals surface area contributed by atoms with Crippen LogP contribution in [0.2, 0.25) is 0 Å². The molecular weight excluding hydrogens is 198 g/mol. The molecule has 2 heterocycles. The van der Waals surface area contributed by atoms with Crippen LogP contribution in [-0.2, 0) is 7.05 Å². The lowest BCUT2D eigenvalue weighted by Crippen LogP contribution is -1.97. The van der Waals surface area contributed by atoms with E-state index in [2.05, 4.69) is 10.1 Å². The molecule has 1 unspecified atom stereocenters. The van der Waals surface area contributed by atoms with Crippen molar-refractivity contribution in [2.75, 3.05) is 0 Å². The monoisotopic (exact) mass is 209 g/mol. The Hall–Kier alpha value is -1.20. The van der Waals surface area contributed by atoms with Gasteiger partial charge in [0.2, 0.25) is 0 Å². The summed E-state index contributed by atoms with van der Waals surface area (Å²) in [5.41, 5.74) is 1.72. The third-order valence-corrected chi connectivity index (χ3v) is 2.93. The van der Waals surface area contributed by atoms with Crippen molar-refractivity contribution in [3.8, 4) is 0 Å². The van der Waals surface area contributed by atoms with Crippen molar-refractivity contribution in [3.63, 3.8) is 0 Å². The van der Waals surface area contributed by atoms with Gasteiger partial charge >= 0.3 is 0 Å². The fraction of sp³-hybridized carbons (Fsp3) is 0.333. The molecule has 0 aliphatic rings. The van der Waals surface area contributed by atoms with Crippen LogP contribution in [0, 0.1) is 6.92 Å². The van der Waals surface area contributed by atoms with Gasteiger partial charge in [0, 0.05) is 29.9 Å². The molecule has 0 aliphatic heterocycles. The molecule has 1 N–H and O–H groups in total. The zero-order valence-corrected chi connectivity index (χ0v) is 8.82. The van der Waals surface area contributed by atoms with E-state index in [1.54, 1.807) is 17.1 Å². The van der Waals surface area contributed by atoms with Crippen molar-refractivity contribution in [1.29, 1.82) is 0 Å². The van der Waals surface area contributed by atoms with E-state index in [0.717, 1.165) is 16.3 Å². The Morgan fingerprint density at radius 3 is 2.86 bits per heavy atom.